The van der Waals surface area contributed by atoms with Crippen molar-refractivity contribution in [2.75, 3.05) is 13.1 Å². The molecule has 0 unspecified atom stereocenters. The molecule has 0 amide bonds. The average molecular weight is 325 g/mol. The zero-order chi connectivity index (χ0) is 16.7. The van der Waals surface area contributed by atoms with E-state index in [2.05, 4.69) is 5.32 Å². The number of ether oxygens (including phenoxy) is 2. The Bertz CT molecular complexity index is 362. The Labute approximate surface area is 139 Å². The van der Waals surface area contributed by atoms with Gasteiger partial charge in [-0.25, -0.2) is 0 Å². The van der Waals surface area contributed by atoms with E-state index in [1.54, 1.807) is 0 Å². The monoisotopic (exact) mass is 325 g/mol. The van der Waals surface area contributed by atoms with Crippen molar-refractivity contribution in [2.45, 2.75) is 77.4 Å². The fourth-order valence-corrected chi connectivity index (χ4v) is 3.36. The molecule has 0 bridgehead atoms. The Balaban J connectivity index is 1.36. The van der Waals surface area contributed by atoms with Crippen LogP contribution in [0.4, 0.5) is 0 Å². The number of hydrogen-bond acceptors (Lipinski definition) is 5. The van der Waals surface area contributed by atoms with E-state index < -0.39 is 0 Å². The van der Waals surface area contributed by atoms with Crippen molar-refractivity contribution < 1.29 is 19.1 Å². The number of nitrogens with one attached hydrogen (secondary N) is 1. The Morgan fingerprint density at radius 1 is 0.826 bits per heavy atom. The SMILES string of the molecule is C[C@H]1C[C@@H](CCCCNCCCC[C@@H]2C[C@H](C)C(=O)O2)OC1=O. The number of carbonyl (C=O) groups is 2. The van der Waals surface area contributed by atoms with Gasteiger partial charge in [-0.1, -0.05) is 13.8 Å². The van der Waals surface area contributed by atoms with Gasteiger partial charge in [0.1, 0.15) is 12.2 Å². The summed E-state index contributed by atoms with van der Waals surface area (Å²) < 4.78 is 10.6. The lowest BCUT2D eigenvalue weighted by atomic mass is 10.0. The lowest BCUT2D eigenvalue weighted by Crippen LogP contribution is -2.18. The topological polar surface area (TPSA) is 64.6 Å². The van der Waals surface area contributed by atoms with Gasteiger partial charge in [-0.05, 0) is 64.5 Å². The van der Waals surface area contributed by atoms with E-state index in [4.69, 9.17) is 9.47 Å². The molecule has 2 heterocycles. The van der Waals surface area contributed by atoms with E-state index in [1.165, 1.54) is 0 Å². The van der Waals surface area contributed by atoms with Crippen molar-refractivity contribution in [2.24, 2.45) is 11.8 Å². The highest BCUT2D eigenvalue weighted by Crippen LogP contribution is 2.24. The third-order valence-corrected chi connectivity index (χ3v) is 4.86. The summed E-state index contributed by atoms with van der Waals surface area (Å²) in [4.78, 5) is 22.6. The lowest BCUT2D eigenvalue weighted by molar-refractivity contribution is -0.145. The summed E-state index contributed by atoms with van der Waals surface area (Å²) in [5.74, 6) is 0.103. The molecule has 5 nitrogen and oxygen atoms in total. The number of rotatable bonds is 10. The third kappa shape index (κ3) is 6.13. The van der Waals surface area contributed by atoms with Crippen LogP contribution in [-0.4, -0.2) is 37.2 Å². The molecule has 5 heteroatoms. The minimum atomic E-state index is -0.0320. The minimum absolute atomic E-state index is 0.0320. The molecular formula is C18H31NO4. The van der Waals surface area contributed by atoms with Crippen LogP contribution in [0.3, 0.4) is 0 Å². The largest absolute Gasteiger partial charge is 0.462 e. The first-order valence-electron chi connectivity index (χ1n) is 9.18. The summed E-state index contributed by atoms with van der Waals surface area (Å²) in [5, 5.41) is 3.46. The molecule has 2 aliphatic rings. The van der Waals surface area contributed by atoms with Crippen LogP contribution in [0, 0.1) is 11.8 Å². The molecule has 2 saturated heterocycles. The third-order valence-electron chi connectivity index (χ3n) is 4.86. The summed E-state index contributed by atoms with van der Waals surface area (Å²) in [6, 6.07) is 0. The molecule has 0 aromatic heterocycles. The van der Waals surface area contributed by atoms with Crippen LogP contribution >= 0.6 is 0 Å². The molecule has 23 heavy (non-hydrogen) atoms. The molecule has 0 aromatic rings. The quantitative estimate of drug-likeness (QED) is 0.494. The molecule has 2 aliphatic heterocycles. The van der Waals surface area contributed by atoms with Crippen LogP contribution in [-0.2, 0) is 19.1 Å². The van der Waals surface area contributed by atoms with Gasteiger partial charge in [0.25, 0.3) is 0 Å². The number of unbranched alkanes of at least 4 members (excludes halogenated alkanes) is 2. The maximum absolute atomic E-state index is 11.3. The maximum atomic E-state index is 11.3. The van der Waals surface area contributed by atoms with Crippen LogP contribution < -0.4 is 5.32 Å². The van der Waals surface area contributed by atoms with Gasteiger partial charge in [0.2, 0.25) is 0 Å². The summed E-state index contributed by atoms with van der Waals surface area (Å²) in [6.07, 6.45) is 8.50. The minimum Gasteiger partial charge on any atom is -0.462 e. The Morgan fingerprint density at radius 2 is 1.26 bits per heavy atom. The second-order valence-electron chi connectivity index (χ2n) is 7.13. The van der Waals surface area contributed by atoms with Crippen LogP contribution in [0.25, 0.3) is 0 Å². The molecule has 0 aromatic carbocycles. The van der Waals surface area contributed by atoms with Crippen LogP contribution in [0.1, 0.15) is 65.2 Å². The predicted octanol–water partition coefficient (Wildman–Crippen LogP) is 2.82. The van der Waals surface area contributed by atoms with Gasteiger partial charge in [-0.2, -0.15) is 0 Å². The molecule has 0 spiro atoms. The smallest absolute Gasteiger partial charge is 0.309 e. The van der Waals surface area contributed by atoms with Crippen molar-refractivity contribution in [3.63, 3.8) is 0 Å². The molecule has 2 fully saturated rings. The van der Waals surface area contributed by atoms with Gasteiger partial charge in [0.15, 0.2) is 0 Å². The Kier molecular flexibility index (Phi) is 7.34. The molecule has 2 rings (SSSR count). The van der Waals surface area contributed by atoms with E-state index >= 15 is 0 Å². The normalized spacial score (nSPS) is 30.5. The predicted molar refractivity (Wildman–Crippen MR) is 87.9 cm³/mol. The number of carbonyl (C=O) groups excluding carboxylic acids is 2. The molecule has 1 N–H and O–H groups in total. The summed E-state index contributed by atoms with van der Waals surface area (Å²) >= 11 is 0. The highest BCUT2D eigenvalue weighted by Gasteiger charge is 2.30. The van der Waals surface area contributed by atoms with Gasteiger partial charge < -0.3 is 14.8 Å². The number of hydrogen-bond donors (Lipinski definition) is 1. The summed E-state index contributed by atoms with van der Waals surface area (Å²) in [6.45, 7) is 5.92. The average Bonchev–Trinajstić information content (AvgIpc) is 2.99. The van der Waals surface area contributed by atoms with Crippen molar-refractivity contribution in [3.8, 4) is 0 Å². The highest BCUT2D eigenvalue weighted by molar-refractivity contribution is 5.74. The highest BCUT2D eigenvalue weighted by atomic mass is 16.6. The first-order chi connectivity index (χ1) is 11.1. The second kappa shape index (κ2) is 9.26. The van der Waals surface area contributed by atoms with Gasteiger partial charge in [0.05, 0.1) is 11.8 Å². The van der Waals surface area contributed by atoms with Crippen molar-refractivity contribution in [1.29, 1.82) is 0 Å². The van der Waals surface area contributed by atoms with E-state index in [1.807, 2.05) is 13.8 Å². The molecular weight excluding hydrogens is 294 g/mol. The first-order valence-corrected chi connectivity index (χ1v) is 9.18. The number of esters is 2. The van der Waals surface area contributed by atoms with Crippen LogP contribution in [0.15, 0.2) is 0 Å². The lowest BCUT2D eigenvalue weighted by Gasteiger charge is -2.10. The zero-order valence-electron chi connectivity index (χ0n) is 14.5. The van der Waals surface area contributed by atoms with Crippen molar-refractivity contribution >= 4 is 11.9 Å². The second-order valence-corrected chi connectivity index (χ2v) is 7.13. The number of cyclic esters (lactones) is 2. The maximum Gasteiger partial charge on any atom is 0.309 e. The Hall–Kier alpha value is -1.10. The van der Waals surface area contributed by atoms with Gasteiger partial charge in [0, 0.05) is 0 Å². The Morgan fingerprint density at radius 3 is 1.61 bits per heavy atom. The first kappa shape index (κ1) is 18.2. The van der Waals surface area contributed by atoms with Gasteiger partial charge >= 0.3 is 11.9 Å². The van der Waals surface area contributed by atoms with Crippen molar-refractivity contribution in [1.82, 2.24) is 5.32 Å². The van der Waals surface area contributed by atoms with E-state index in [0.29, 0.717) is 0 Å². The fraction of sp³-hybridized carbons (Fsp3) is 0.889. The molecule has 0 saturated carbocycles. The molecule has 132 valence electrons. The van der Waals surface area contributed by atoms with E-state index in [0.717, 1.165) is 64.5 Å². The fourth-order valence-electron chi connectivity index (χ4n) is 3.36. The van der Waals surface area contributed by atoms with E-state index in [-0.39, 0.29) is 36.0 Å². The molecule has 0 radical (unpaired) electrons. The molecule has 0 aliphatic carbocycles. The van der Waals surface area contributed by atoms with Gasteiger partial charge in [-0.15, -0.1) is 0 Å². The van der Waals surface area contributed by atoms with Crippen LogP contribution in [0.2, 0.25) is 0 Å². The van der Waals surface area contributed by atoms with E-state index in [9.17, 15) is 9.59 Å². The molecule has 4 atom stereocenters. The standard InChI is InChI=1S/C18H31NO4/c1-13-11-15(22-17(13)20)7-3-5-9-19-10-6-4-8-16-12-14(2)18(21)23-16/h13-16,19H,3-12H2,1-2H3/t13-,14-,15+,16+/m0/s1. The zero-order valence-corrected chi connectivity index (χ0v) is 14.5. The summed E-state index contributed by atoms with van der Waals surface area (Å²) in [5.41, 5.74) is 0. The van der Waals surface area contributed by atoms with Crippen LogP contribution in [0.5, 0.6) is 0 Å². The van der Waals surface area contributed by atoms with Crippen molar-refractivity contribution in [3.05, 3.63) is 0 Å². The summed E-state index contributed by atoms with van der Waals surface area (Å²) in [7, 11) is 0. The van der Waals surface area contributed by atoms with Gasteiger partial charge in [-0.3, -0.25) is 9.59 Å².